The molecule has 5 nitrogen and oxygen atoms in total. The van der Waals surface area contributed by atoms with Crippen LogP contribution in [0.4, 0.5) is 0 Å². The number of hydrogen-bond acceptors (Lipinski definition) is 3. The minimum Gasteiger partial charge on any atom is -0.494 e. The lowest BCUT2D eigenvalue weighted by Gasteiger charge is -2.20. The SMILES string of the molecule is CCOc1cccc(C(=O)N(CC)CCC(=O)O)c1. The fraction of sp³-hybridized carbons (Fsp3) is 0.429. The molecule has 0 saturated carbocycles. The third-order valence-corrected chi connectivity index (χ3v) is 2.66. The molecule has 1 amide bonds. The molecule has 0 radical (unpaired) electrons. The molecule has 0 spiro atoms. The van der Waals surface area contributed by atoms with Crippen LogP contribution in [-0.2, 0) is 4.79 Å². The zero-order chi connectivity index (χ0) is 14.3. The summed E-state index contributed by atoms with van der Waals surface area (Å²) < 4.78 is 5.34. The molecule has 0 unspecified atom stereocenters. The van der Waals surface area contributed by atoms with Crippen LogP contribution < -0.4 is 4.74 Å². The van der Waals surface area contributed by atoms with Crippen molar-refractivity contribution in [1.29, 1.82) is 0 Å². The number of hydrogen-bond donors (Lipinski definition) is 1. The molecule has 1 aromatic carbocycles. The molecule has 19 heavy (non-hydrogen) atoms. The van der Waals surface area contributed by atoms with Gasteiger partial charge in [-0.15, -0.1) is 0 Å². The molecule has 104 valence electrons. The highest BCUT2D eigenvalue weighted by Gasteiger charge is 2.15. The quantitative estimate of drug-likeness (QED) is 0.819. The fourth-order valence-electron chi connectivity index (χ4n) is 1.70. The zero-order valence-electron chi connectivity index (χ0n) is 11.3. The Labute approximate surface area is 112 Å². The Morgan fingerprint density at radius 1 is 1.32 bits per heavy atom. The number of benzene rings is 1. The van der Waals surface area contributed by atoms with E-state index in [9.17, 15) is 9.59 Å². The second-order valence-electron chi connectivity index (χ2n) is 3.99. The average Bonchev–Trinajstić information content (AvgIpc) is 2.39. The van der Waals surface area contributed by atoms with Gasteiger partial charge in [-0.3, -0.25) is 9.59 Å². The molecule has 0 aliphatic heterocycles. The summed E-state index contributed by atoms with van der Waals surface area (Å²) in [6.07, 6.45) is -0.0509. The first-order chi connectivity index (χ1) is 9.08. The fourth-order valence-corrected chi connectivity index (χ4v) is 1.70. The molecular weight excluding hydrogens is 246 g/mol. The summed E-state index contributed by atoms with van der Waals surface area (Å²) in [5.41, 5.74) is 0.512. The van der Waals surface area contributed by atoms with E-state index < -0.39 is 5.97 Å². The Bertz CT molecular complexity index is 445. The average molecular weight is 265 g/mol. The van der Waals surface area contributed by atoms with E-state index in [1.165, 1.54) is 4.90 Å². The monoisotopic (exact) mass is 265 g/mol. The third kappa shape index (κ3) is 4.62. The number of aliphatic carboxylic acids is 1. The van der Waals surface area contributed by atoms with Crippen LogP contribution >= 0.6 is 0 Å². The van der Waals surface area contributed by atoms with Crippen LogP contribution in [0.25, 0.3) is 0 Å². The number of ether oxygens (including phenoxy) is 1. The normalized spacial score (nSPS) is 10.0. The molecule has 0 atom stereocenters. The Morgan fingerprint density at radius 3 is 2.63 bits per heavy atom. The highest BCUT2D eigenvalue weighted by atomic mass is 16.5. The van der Waals surface area contributed by atoms with Gasteiger partial charge in [0.1, 0.15) is 5.75 Å². The van der Waals surface area contributed by atoms with Crippen molar-refractivity contribution in [2.75, 3.05) is 19.7 Å². The summed E-state index contributed by atoms with van der Waals surface area (Å²) in [5, 5.41) is 8.67. The number of carboxylic acids is 1. The van der Waals surface area contributed by atoms with Crippen LogP contribution in [-0.4, -0.2) is 41.6 Å². The molecule has 0 bridgehead atoms. The highest BCUT2D eigenvalue weighted by molar-refractivity contribution is 5.94. The summed E-state index contributed by atoms with van der Waals surface area (Å²) in [7, 11) is 0. The van der Waals surface area contributed by atoms with Gasteiger partial charge in [0.05, 0.1) is 13.0 Å². The molecule has 0 aromatic heterocycles. The number of carboxylic acid groups (broad SMARTS) is 1. The molecular formula is C14H19NO4. The standard InChI is InChI=1S/C14H19NO4/c1-3-15(9-8-13(16)17)14(18)11-6-5-7-12(10-11)19-4-2/h5-7,10H,3-4,8-9H2,1-2H3,(H,16,17). The van der Waals surface area contributed by atoms with Gasteiger partial charge >= 0.3 is 5.97 Å². The van der Waals surface area contributed by atoms with E-state index in [1.54, 1.807) is 24.3 Å². The van der Waals surface area contributed by atoms with E-state index in [0.717, 1.165) is 0 Å². The van der Waals surface area contributed by atoms with Gasteiger partial charge in [-0.05, 0) is 32.0 Å². The molecule has 0 aliphatic rings. The molecule has 1 N–H and O–H groups in total. The van der Waals surface area contributed by atoms with Gasteiger partial charge in [-0.2, -0.15) is 0 Å². The van der Waals surface area contributed by atoms with Crippen LogP contribution in [0.3, 0.4) is 0 Å². The van der Waals surface area contributed by atoms with Crippen molar-refractivity contribution in [2.24, 2.45) is 0 Å². The van der Waals surface area contributed by atoms with Crippen LogP contribution in [0, 0.1) is 0 Å². The zero-order valence-corrected chi connectivity index (χ0v) is 11.3. The Hall–Kier alpha value is -2.04. The molecule has 0 aliphatic carbocycles. The Morgan fingerprint density at radius 2 is 2.05 bits per heavy atom. The second kappa shape index (κ2) is 7.41. The van der Waals surface area contributed by atoms with E-state index in [-0.39, 0.29) is 18.9 Å². The summed E-state index contributed by atoms with van der Waals surface area (Å²) in [4.78, 5) is 24.3. The van der Waals surface area contributed by atoms with E-state index in [4.69, 9.17) is 9.84 Å². The van der Waals surface area contributed by atoms with E-state index in [2.05, 4.69) is 0 Å². The smallest absolute Gasteiger partial charge is 0.305 e. The Balaban J connectivity index is 2.78. The van der Waals surface area contributed by atoms with Crippen molar-refractivity contribution in [3.8, 4) is 5.75 Å². The molecule has 1 rings (SSSR count). The van der Waals surface area contributed by atoms with Crippen molar-refractivity contribution < 1.29 is 19.4 Å². The maximum Gasteiger partial charge on any atom is 0.305 e. The first kappa shape index (κ1) is 15.0. The summed E-state index contributed by atoms with van der Waals surface area (Å²) >= 11 is 0. The van der Waals surface area contributed by atoms with E-state index in [1.807, 2.05) is 13.8 Å². The van der Waals surface area contributed by atoms with Gasteiger partial charge in [-0.1, -0.05) is 6.07 Å². The van der Waals surface area contributed by atoms with Crippen molar-refractivity contribution in [3.05, 3.63) is 29.8 Å². The van der Waals surface area contributed by atoms with Crippen LogP contribution in [0.5, 0.6) is 5.75 Å². The molecule has 5 heteroatoms. The summed E-state index contributed by atoms with van der Waals surface area (Å²) in [6, 6.07) is 6.92. The van der Waals surface area contributed by atoms with Gasteiger partial charge in [-0.25, -0.2) is 0 Å². The number of amides is 1. The van der Waals surface area contributed by atoms with Crippen LogP contribution in [0.2, 0.25) is 0 Å². The predicted octanol–water partition coefficient (Wildman–Crippen LogP) is 2.02. The van der Waals surface area contributed by atoms with Crippen molar-refractivity contribution in [2.45, 2.75) is 20.3 Å². The highest BCUT2D eigenvalue weighted by Crippen LogP contribution is 2.15. The summed E-state index contributed by atoms with van der Waals surface area (Å²) in [6.45, 7) is 4.93. The first-order valence-electron chi connectivity index (χ1n) is 6.32. The molecule has 0 heterocycles. The minimum absolute atomic E-state index is 0.0509. The second-order valence-corrected chi connectivity index (χ2v) is 3.99. The first-order valence-corrected chi connectivity index (χ1v) is 6.32. The maximum atomic E-state index is 12.2. The largest absolute Gasteiger partial charge is 0.494 e. The van der Waals surface area contributed by atoms with E-state index in [0.29, 0.717) is 24.5 Å². The topological polar surface area (TPSA) is 66.8 Å². The van der Waals surface area contributed by atoms with Gasteiger partial charge in [0.25, 0.3) is 5.91 Å². The van der Waals surface area contributed by atoms with Gasteiger partial charge in [0.2, 0.25) is 0 Å². The lowest BCUT2D eigenvalue weighted by Crippen LogP contribution is -2.32. The molecule has 1 aromatic rings. The minimum atomic E-state index is -0.908. The number of carbonyl (C=O) groups is 2. The number of nitrogens with zero attached hydrogens (tertiary/aromatic N) is 1. The van der Waals surface area contributed by atoms with Crippen LogP contribution in [0.15, 0.2) is 24.3 Å². The predicted molar refractivity (Wildman–Crippen MR) is 71.4 cm³/mol. The van der Waals surface area contributed by atoms with Gasteiger partial charge < -0.3 is 14.7 Å². The van der Waals surface area contributed by atoms with Gasteiger partial charge in [0, 0.05) is 18.7 Å². The molecule has 0 fully saturated rings. The van der Waals surface area contributed by atoms with Crippen molar-refractivity contribution in [1.82, 2.24) is 4.90 Å². The third-order valence-electron chi connectivity index (χ3n) is 2.66. The summed E-state index contributed by atoms with van der Waals surface area (Å²) in [5.74, 6) is -0.442. The lowest BCUT2D eigenvalue weighted by atomic mass is 10.2. The molecule has 0 saturated heterocycles. The number of carbonyl (C=O) groups excluding carboxylic acids is 1. The van der Waals surface area contributed by atoms with Gasteiger partial charge in [0.15, 0.2) is 0 Å². The number of rotatable bonds is 7. The van der Waals surface area contributed by atoms with E-state index >= 15 is 0 Å². The maximum absolute atomic E-state index is 12.2. The van der Waals surface area contributed by atoms with Crippen molar-refractivity contribution in [3.63, 3.8) is 0 Å². The van der Waals surface area contributed by atoms with Crippen molar-refractivity contribution >= 4 is 11.9 Å². The van der Waals surface area contributed by atoms with Crippen LogP contribution in [0.1, 0.15) is 30.6 Å². The Kier molecular flexibility index (Phi) is 5.85. The lowest BCUT2D eigenvalue weighted by molar-refractivity contribution is -0.137.